The van der Waals surface area contributed by atoms with Crippen LogP contribution in [0.1, 0.15) is 47.9 Å². The van der Waals surface area contributed by atoms with Crippen molar-refractivity contribution >= 4 is 33.7 Å². The first-order valence-corrected chi connectivity index (χ1v) is 13.1. The van der Waals surface area contributed by atoms with Crippen molar-refractivity contribution in [2.24, 2.45) is 0 Å². The maximum atomic E-state index is 11.7. The van der Waals surface area contributed by atoms with Crippen molar-refractivity contribution in [2.75, 3.05) is 19.5 Å². The molecule has 0 aliphatic carbocycles. The van der Waals surface area contributed by atoms with E-state index in [1.54, 1.807) is 32.7 Å². The van der Waals surface area contributed by atoms with Gasteiger partial charge in [-0.1, -0.05) is 6.07 Å². The minimum atomic E-state index is -0.924. The largest absolute Gasteiger partial charge is 0.497 e. The molecule has 4 heterocycles. The predicted octanol–water partition coefficient (Wildman–Crippen LogP) is 5.91. The topological polar surface area (TPSA) is 103 Å². The highest BCUT2D eigenvalue weighted by Crippen LogP contribution is 2.43. The van der Waals surface area contributed by atoms with E-state index in [-0.39, 0.29) is 11.6 Å². The average Bonchev–Trinajstić information content (AvgIpc) is 3.40. The van der Waals surface area contributed by atoms with Crippen molar-refractivity contribution < 1.29 is 19.4 Å². The van der Waals surface area contributed by atoms with Gasteiger partial charge in [0, 0.05) is 52.9 Å². The zero-order chi connectivity index (χ0) is 27.3. The Morgan fingerprint density at radius 3 is 2.69 bits per heavy atom. The maximum Gasteiger partial charge on any atom is 0.335 e. The molecule has 0 bridgehead atoms. The van der Waals surface area contributed by atoms with Gasteiger partial charge in [-0.3, -0.25) is 0 Å². The number of nitrogens with zero attached hydrogens (tertiary/aromatic N) is 4. The van der Waals surface area contributed by atoms with Gasteiger partial charge in [0.25, 0.3) is 0 Å². The Bertz CT molecular complexity index is 1730. The molecule has 9 heteroatoms. The van der Waals surface area contributed by atoms with Crippen molar-refractivity contribution in [3.8, 4) is 22.8 Å². The Hall–Kier alpha value is -4.53. The summed E-state index contributed by atoms with van der Waals surface area (Å²) in [5, 5.41) is 15.1. The lowest BCUT2D eigenvalue weighted by atomic mass is 10.1. The van der Waals surface area contributed by atoms with Crippen LogP contribution < -0.4 is 14.8 Å². The third-order valence-electron chi connectivity index (χ3n) is 7.54. The minimum absolute atomic E-state index is 0.204. The molecule has 1 aliphatic heterocycles. The van der Waals surface area contributed by atoms with Crippen LogP contribution in [-0.4, -0.2) is 44.4 Å². The number of aromatic carboxylic acids is 1. The molecule has 1 aliphatic rings. The second-order valence-corrected chi connectivity index (χ2v) is 10.1. The summed E-state index contributed by atoms with van der Waals surface area (Å²) in [6.45, 7) is 5.66. The molecule has 0 fully saturated rings. The summed E-state index contributed by atoms with van der Waals surface area (Å²) < 4.78 is 15.5. The highest BCUT2D eigenvalue weighted by molar-refractivity contribution is 6.05. The number of fused-ring (bicyclic) bond motifs is 7. The number of carbonyl (C=O) groups is 1. The number of carboxylic acid groups (broad SMARTS) is 1. The second kappa shape index (κ2) is 9.65. The Morgan fingerprint density at radius 2 is 1.95 bits per heavy atom. The fourth-order valence-electron chi connectivity index (χ4n) is 5.81. The normalized spacial score (nSPS) is 12.8. The Kier molecular flexibility index (Phi) is 6.13. The number of benzene rings is 2. The van der Waals surface area contributed by atoms with Crippen LogP contribution in [0.4, 0.5) is 5.82 Å². The number of hydrogen-bond acceptors (Lipinski definition) is 6. The molecule has 0 amide bonds. The standard InChI is InChI=1S/C30H31N5O4/c1-17(2)35-22-6-5-11-34-23-13-19(30(36)37)8-7-18(23)12-24(34)26(22)27-28(32-16-33-29(27)35)31-15-20-9-10-21(38-3)14-25(20)39-4/h7-10,12-14,16-17H,5-6,11,15H2,1-4H3,(H,36,37)(H,31,32,33). The van der Waals surface area contributed by atoms with Crippen LogP contribution >= 0.6 is 0 Å². The molecule has 3 aromatic heterocycles. The van der Waals surface area contributed by atoms with Gasteiger partial charge in [0.15, 0.2) is 0 Å². The van der Waals surface area contributed by atoms with Crippen LogP contribution in [-0.2, 0) is 19.5 Å². The fraction of sp³-hybridized carbons (Fsp3) is 0.300. The van der Waals surface area contributed by atoms with Gasteiger partial charge < -0.3 is 29.0 Å². The number of aryl methyl sites for hydroxylation is 1. The van der Waals surface area contributed by atoms with Crippen LogP contribution in [0.5, 0.6) is 11.5 Å². The molecular formula is C30H31N5O4. The van der Waals surface area contributed by atoms with E-state index in [1.807, 2.05) is 24.3 Å². The summed E-state index contributed by atoms with van der Waals surface area (Å²) in [6.07, 6.45) is 3.43. The van der Waals surface area contributed by atoms with Crippen LogP contribution in [0, 0.1) is 0 Å². The van der Waals surface area contributed by atoms with E-state index < -0.39 is 5.97 Å². The number of rotatable bonds is 7. The molecule has 39 heavy (non-hydrogen) atoms. The van der Waals surface area contributed by atoms with Gasteiger partial charge >= 0.3 is 5.97 Å². The quantitative estimate of drug-likeness (QED) is 0.272. The molecule has 5 aromatic rings. The predicted molar refractivity (Wildman–Crippen MR) is 151 cm³/mol. The van der Waals surface area contributed by atoms with Crippen LogP contribution in [0.3, 0.4) is 0 Å². The molecule has 0 atom stereocenters. The van der Waals surface area contributed by atoms with Crippen molar-refractivity contribution in [1.29, 1.82) is 0 Å². The van der Waals surface area contributed by atoms with E-state index in [0.717, 1.165) is 75.5 Å². The summed E-state index contributed by atoms with van der Waals surface area (Å²) in [5.41, 5.74) is 6.48. The Balaban J connectivity index is 1.54. The van der Waals surface area contributed by atoms with E-state index in [2.05, 4.69) is 34.4 Å². The van der Waals surface area contributed by atoms with Gasteiger partial charge in [-0.15, -0.1) is 0 Å². The summed E-state index contributed by atoms with van der Waals surface area (Å²) in [6, 6.07) is 13.5. The smallest absolute Gasteiger partial charge is 0.335 e. The van der Waals surface area contributed by atoms with Gasteiger partial charge in [-0.25, -0.2) is 14.8 Å². The first kappa shape index (κ1) is 24.8. The highest BCUT2D eigenvalue weighted by Gasteiger charge is 2.28. The summed E-state index contributed by atoms with van der Waals surface area (Å²) >= 11 is 0. The first-order valence-electron chi connectivity index (χ1n) is 13.1. The SMILES string of the molecule is COc1ccc(CNc2ncnc3c2c2c(n3C(C)C)CCCn3c-2cc2ccc(C(=O)O)cc23)c(OC)c1. The van der Waals surface area contributed by atoms with Crippen molar-refractivity contribution in [3.63, 3.8) is 0 Å². The molecular weight excluding hydrogens is 494 g/mol. The second-order valence-electron chi connectivity index (χ2n) is 10.1. The van der Waals surface area contributed by atoms with Crippen molar-refractivity contribution in [1.82, 2.24) is 19.1 Å². The van der Waals surface area contributed by atoms with Crippen LogP contribution in [0.15, 0.2) is 48.8 Å². The molecule has 9 nitrogen and oxygen atoms in total. The number of nitrogens with one attached hydrogen (secondary N) is 1. The minimum Gasteiger partial charge on any atom is -0.497 e. The number of hydrogen-bond donors (Lipinski definition) is 2. The first-order chi connectivity index (χ1) is 18.9. The van der Waals surface area contributed by atoms with Crippen LogP contribution in [0.25, 0.3) is 33.2 Å². The number of carboxylic acids is 1. The summed E-state index contributed by atoms with van der Waals surface area (Å²) in [4.78, 5) is 21.2. The monoisotopic (exact) mass is 525 g/mol. The number of anilines is 1. The summed E-state index contributed by atoms with van der Waals surface area (Å²) in [5.74, 6) is 1.30. The van der Waals surface area contributed by atoms with Gasteiger partial charge in [0.05, 0.1) is 30.9 Å². The average molecular weight is 526 g/mol. The molecule has 0 unspecified atom stereocenters. The zero-order valence-electron chi connectivity index (χ0n) is 22.5. The molecule has 0 saturated heterocycles. The van der Waals surface area contributed by atoms with Gasteiger partial charge in [0.1, 0.15) is 29.3 Å². The Morgan fingerprint density at radius 1 is 1.10 bits per heavy atom. The lowest BCUT2D eigenvalue weighted by molar-refractivity contribution is 0.0697. The third-order valence-corrected chi connectivity index (χ3v) is 7.54. The molecule has 200 valence electrons. The van der Waals surface area contributed by atoms with E-state index in [4.69, 9.17) is 19.4 Å². The molecule has 2 aromatic carbocycles. The van der Waals surface area contributed by atoms with E-state index in [0.29, 0.717) is 6.54 Å². The van der Waals surface area contributed by atoms with E-state index in [1.165, 1.54) is 5.69 Å². The molecule has 0 spiro atoms. The highest BCUT2D eigenvalue weighted by atomic mass is 16.5. The fourth-order valence-corrected chi connectivity index (χ4v) is 5.81. The maximum absolute atomic E-state index is 11.7. The molecule has 2 N–H and O–H groups in total. The van der Waals surface area contributed by atoms with E-state index >= 15 is 0 Å². The molecule has 0 radical (unpaired) electrons. The Labute approximate surface area is 226 Å². The molecule has 0 saturated carbocycles. The number of methoxy groups -OCH3 is 2. The number of aromatic nitrogens is 4. The number of ether oxygens (including phenoxy) is 2. The van der Waals surface area contributed by atoms with E-state index in [9.17, 15) is 9.90 Å². The summed E-state index contributed by atoms with van der Waals surface area (Å²) in [7, 11) is 3.29. The van der Waals surface area contributed by atoms with Gasteiger partial charge in [-0.2, -0.15) is 0 Å². The van der Waals surface area contributed by atoms with Gasteiger partial charge in [-0.05, 0) is 57.0 Å². The zero-order valence-corrected chi connectivity index (χ0v) is 22.5. The molecule has 6 rings (SSSR count). The lowest BCUT2D eigenvalue weighted by Crippen LogP contribution is -2.08. The van der Waals surface area contributed by atoms with Crippen molar-refractivity contribution in [3.05, 3.63) is 65.6 Å². The van der Waals surface area contributed by atoms with Crippen LogP contribution in [0.2, 0.25) is 0 Å². The lowest BCUT2D eigenvalue weighted by Gasteiger charge is -2.14. The van der Waals surface area contributed by atoms with Crippen molar-refractivity contribution in [2.45, 2.75) is 45.8 Å². The van der Waals surface area contributed by atoms with Gasteiger partial charge in [0.2, 0.25) is 0 Å². The third kappa shape index (κ3) is 4.05.